The van der Waals surface area contributed by atoms with E-state index in [9.17, 15) is 19.6 Å². The zero-order chi connectivity index (χ0) is 38.4. The minimum atomic E-state index is -0.622. The number of likely N-dealkylation sites (tertiary alicyclic amines) is 1. The summed E-state index contributed by atoms with van der Waals surface area (Å²) in [5.74, 6) is -0.159. The molecule has 11 nitrogen and oxygen atoms in total. The number of anilines is 5. The van der Waals surface area contributed by atoms with Crippen molar-refractivity contribution in [2.75, 3.05) is 72.9 Å². The van der Waals surface area contributed by atoms with Crippen molar-refractivity contribution < 1.29 is 14.0 Å². The number of rotatable bonds is 7. The number of hydrogen-bond donors (Lipinski definition) is 2. The number of nitriles is 1. The first-order valence-electron chi connectivity index (χ1n) is 19.6. The second-order valence-corrected chi connectivity index (χ2v) is 15.9. The number of carbonyl (C=O) groups is 2. The lowest BCUT2D eigenvalue weighted by Crippen LogP contribution is -2.47. The number of hydrogen-bond acceptors (Lipinski definition) is 9. The Balaban J connectivity index is 0.923. The summed E-state index contributed by atoms with van der Waals surface area (Å²) in [7, 11) is 3.96. The molecule has 1 unspecified atom stereocenters. The molecule has 55 heavy (non-hydrogen) atoms. The van der Waals surface area contributed by atoms with Crippen LogP contribution in [-0.2, 0) is 16.6 Å². The second-order valence-electron chi connectivity index (χ2n) is 15.9. The van der Waals surface area contributed by atoms with Gasteiger partial charge in [0.15, 0.2) is 0 Å². The third kappa shape index (κ3) is 7.25. The number of halogens is 1. The smallest absolute Gasteiger partial charge is 0.253 e. The summed E-state index contributed by atoms with van der Waals surface area (Å²) in [6, 6.07) is 19.4. The molecule has 286 valence electrons. The number of piperidine rings is 3. The summed E-state index contributed by atoms with van der Waals surface area (Å²) in [5, 5.41) is 16.1. The molecule has 8 rings (SSSR count). The van der Waals surface area contributed by atoms with Gasteiger partial charge in [-0.25, -0.2) is 4.39 Å². The number of nitrogens with zero attached hydrogens (tertiary/aromatic N) is 6. The van der Waals surface area contributed by atoms with E-state index >= 15 is 4.39 Å². The van der Waals surface area contributed by atoms with E-state index in [0.29, 0.717) is 29.4 Å². The topological polar surface area (TPSA) is 117 Å². The quantitative estimate of drug-likeness (QED) is 0.228. The van der Waals surface area contributed by atoms with Crippen LogP contribution >= 0.6 is 0 Å². The normalized spacial score (nSPS) is 20.1. The van der Waals surface area contributed by atoms with Crippen molar-refractivity contribution in [3.63, 3.8) is 0 Å². The highest BCUT2D eigenvalue weighted by atomic mass is 19.1. The molecule has 4 aromatic rings. The number of pyridine rings is 1. The van der Waals surface area contributed by atoms with Gasteiger partial charge in [-0.3, -0.25) is 19.7 Å². The fraction of sp³-hybridized carbons (Fsp3) is 0.442. The van der Waals surface area contributed by atoms with Crippen LogP contribution in [-0.4, -0.2) is 80.2 Å². The lowest BCUT2D eigenvalue weighted by molar-refractivity contribution is -0.133. The second kappa shape index (κ2) is 15.0. The molecule has 12 heteroatoms. The number of aryl methyl sites for hydroxylation is 2. The number of amides is 2. The van der Waals surface area contributed by atoms with E-state index in [1.807, 2.05) is 44.3 Å². The van der Waals surface area contributed by atoms with Crippen molar-refractivity contribution in [3.8, 4) is 6.07 Å². The summed E-state index contributed by atoms with van der Waals surface area (Å²) in [5.41, 5.74) is 7.88. The van der Waals surface area contributed by atoms with Crippen LogP contribution in [0.1, 0.15) is 61.1 Å². The zero-order valence-electron chi connectivity index (χ0n) is 31.9. The lowest BCUT2D eigenvalue weighted by Gasteiger charge is -2.39. The Morgan fingerprint density at radius 1 is 0.855 bits per heavy atom. The van der Waals surface area contributed by atoms with E-state index in [0.717, 1.165) is 105 Å². The predicted octanol–water partition coefficient (Wildman–Crippen LogP) is 5.76. The van der Waals surface area contributed by atoms with Crippen molar-refractivity contribution in [1.29, 1.82) is 5.26 Å². The summed E-state index contributed by atoms with van der Waals surface area (Å²) in [6.07, 6.45) is 4.75. The molecular weight excluding hydrogens is 696 g/mol. The van der Waals surface area contributed by atoms with Gasteiger partial charge >= 0.3 is 0 Å². The monoisotopic (exact) mass is 744 g/mol. The minimum absolute atomic E-state index is 0.0194. The van der Waals surface area contributed by atoms with Gasteiger partial charge in [-0.05, 0) is 124 Å². The molecule has 0 saturated carbocycles. The number of aromatic nitrogens is 1. The number of imide groups is 1. The van der Waals surface area contributed by atoms with Gasteiger partial charge in [0, 0.05) is 69.9 Å². The van der Waals surface area contributed by atoms with Gasteiger partial charge in [-0.2, -0.15) is 5.26 Å². The van der Waals surface area contributed by atoms with Crippen molar-refractivity contribution in [2.24, 2.45) is 13.0 Å². The fourth-order valence-corrected chi connectivity index (χ4v) is 9.08. The predicted molar refractivity (Wildman–Crippen MR) is 215 cm³/mol. The largest absolute Gasteiger partial charge is 0.371 e. The van der Waals surface area contributed by atoms with Gasteiger partial charge in [0.25, 0.3) is 5.56 Å². The van der Waals surface area contributed by atoms with Crippen LogP contribution in [0.3, 0.4) is 0 Å². The fourth-order valence-electron chi connectivity index (χ4n) is 9.08. The van der Waals surface area contributed by atoms with Gasteiger partial charge in [0.05, 0.1) is 39.9 Å². The number of fused-ring (bicyclic) bond motifs is 2. The van der Waals surface area contributed by atoms with E-state index in [4.69, 9.17) is 0 Å². The van der Waals surface area contributed by atoms with E-state index in [1.165, 1.54) is 5.56 Å². The SMILES string of the molecule is Cc1cc2c(N3CCN(C)c4ccc(C#N)cc43)cc(C3CCN(CC4CCN(c5ccc(NC6CCC(=O)NC6=O)c(F)c5)CC4)CC3)cc2n(C)c1=O. The van der Waals surface area contributed by atoms with Crippen LogP contribution in [0.25, 0.3) is 10.9 Å². The molecule has 1 aromatic heterocycles. The molecule has 0 bridgehead atoms. The summed E-state index contributed by atoms with van der Waals surface area (Å²) >= 11 is 0. The van der Waals surface area contributed by atoms with E-state index in [1.54, 1.807) is 16.7 Å². The Morgan fingerprint density at radius 3 is 2.36 bits per heavy atom. The first-order chi connectivity index (χ1) is 26.6. The average Bonchev–Trinajstić information content (AvgIpc) is 3.19. The van der Waals surface area contributed by atoms with Crippen LogP contribution in [0.2, 0.25) is 0 Å². The van der Waals surface area contributed by atoms with Crippen LogP contribution in [0.15, 0.2) is 59.4 Å². The molecule has 3 fully saturated rings. The molecular formula is C43H49FN8O3. The Bertz CT molecular complexity index is 2250. The third-order valence-electron chi connectivity index (χ3n) is 12.4. The highest BCUT2D eigenvalue weighted by Crippen LogP contribution is 2.43. The lowest BCUT2D eigenvalue weighted by atomic mass is 9.87. The molecule has 1 atom stereocenters. The highest BCUT2D eigenvalue weighted by Gasteiger charge is 2.30. The molecule has 2 amide bonds. The summed E-state index contributed by atoms with van der Waals surface area (Å²) in [6.45, 7) is 8.32. The minimum Gasteiger partial charge on any atom is -0.371 e. The molecule has 0 radical (unpaired) electrons. The Morgan fingerprint density at radius 2 is 1.64 bits per heavy atom. The highest BCUT2D eigenvalue weighted by molar-refractivity contribution is 6.01. The Labute approximate surface area is 321 Å². The molecule has 2 N–H and O–H groups in total. The van der Waals surface area contributed by atoms with Crippen molar-refractivity contribution in [2.45, 2.75) is 57.4 Å². The number of likely N-dealkylation sites (N-methyl/N-ethyl adjacent to an activating group) is 1. The van der Waals surface area contributed by atoms with Gasteiger partial charge < -0.3 is 29.5 Å². The van der Waals surface area contributed by atoms with Gasteiger partial charge in [0.2, 0.25) is 11.8 Å². The maximum Gasteiger partial charge on any atom is 0.253 e. The van der Waals surface area contributed by atoms with Crippen LogP contribution < -0.4 is 30.9 Å². The maximum absolute atomic E-state index is 15.1. The van der Waals surface area contributed by atoms with E-state index in [2.05, 4.69) is 55.5 Å². The third-order valence-corrected chi connectivity index (χ3v) is 12.4. The molecule has 4 aliphatic rings. The number of nitrogens with one attached hydrogen (secondary N) is 2. The van der Waals surface area contributed by atoms with Gasteiger partial charge in [-0.15, -0.1) is 0 Å². The van der Waals surface area contributed by atoms with Crippen LogP contribution in [0.4, 0.5) is 32.8 Å². The Kier molecular flexibility index (Phi) is 9.99. The molecule has 4 aliphatic heterocycles. The standard InChI is InChI=1S/C43H49FN8O3/c1-27-20-33-38(49(3)43(27)55)22-31(23-39(33)52-19-18-48(2)37-8-4-29(25-45)21-40(37)52)30-12-14-50(15-13-30)26-28-10-16-51(17-11-28)32-5-6-35(34(44)24-32)46-36-7-9-41(53)47-42(36)54/h4-6,8,20-24,28,30,36,46H,7,9-19,26H2,1-3H3,(H,47,53,54). The molecule has 3 saturated heterocycles. The summed E-state index contributed by atoms with van der Waals surface area (Å²) in [4.78, 5) is 46.2. The molecule has 0 spiro atoms. The maximum atomic E-state index is 15.1. The summed E-state index contributed by atoms with van der Waals surface area (Å²) < 4.78 is 16.9. The Hall–Kier alpha value is -5.41. The molecule has 5 heterocycles. The van der Waals surface area contributed by atoms with Crippen molar-refractivity contribution in [3.05, 3.63) is 87.5 Å². The van der Waals surface area contributed by atoms with E-state index < -0.39 is 17.8 Å². The first kappa shape index (κ1) is 36.6. The van der Waals surface area contributed by atoms with Gasteiger partial charge in [-0.1, -0.05) is 0 Å². The molecule has 0 aliphatic carbocycles. The van der Waals surface area contributed by atoms with Gasteiger partial charge in [0.1, 0.15) is 11.9 Å². The van der Waals surface area contributed by atoms with E-state index in [-0.39, 0.29) is 23.6 Å². The number of carbonyl (C=O) groups excluding carboxylic acids is 2. The van der Waals surface area contributed by atoms with Crippen molar-refractivity contribution in [1.82, 2.24) is 14.8 Å². The average molecular weight is 745 g/mol. The number of benzene rings is 3. The van der Waals surface area contributed by atoms with Crippen molar-refractivity contribution >= 4 is 51.2 Å². The van der Waals surface area contributed by atoms with Crippen LogP contribution in [0.5, 0.6) is 0 Å². The zero-order valence-corrected chi connectivity index (χ0v) is 31.9. The molecule has 3 aromatic carbocycles. The first-order valence-corrected chi connectivity index (χ1v) is 19.6. The van der Waals surface area contributed by atoms with Crippen LogP contribution in [0, 0.1) is 30.0 Å².